The number of benzene rings is 2. The van der Waals surface area contributed by atoms with E-state index < -0.39 is 0 Å². The highest BCUT2D eigenvalue weighted by atomic mass is 16.5. The second-order valence-corrected chi connectivity index (χ2v) is 4.47. The van der Waals surface area contributed by atoms with E-state index in [-0.39, 0.29) is 5.78 Å². The molecule has 104 valence electrons. The minimum atomic E-state index is 0.0631. The summed E-state index contributed by atoms with van der Waals surface area (Å²) in [5.74, 6) is 0.690. The lowest BCUT2D eigenvalue weighted by atomic mass is 10.1. The third-order valence-electron chi connectivity index (χ3n) is 3.24. The van der Waals surface area contributed by atoms with Gasteiger partial charge in [0.15, 0.2) is 5.78 Å². The Morgan fingerprint density at radius 1 is 1.05 bits per heavy atom. The van der Waals surface area contributed by atoms with Crippen LogP contribution in [0.2, 0.25) is 0 Å². The summed E-state index contributed by atoms with van der Waals surface area (Å²) in [6.07, 6.45) is 0. The van der Waals surface area contributed by atoms with Crippen LogP contribution in [0, 0.1) is 0 Å². The fraction of sp³-hybridized carbons (Fsp3) is 0.235. The van der Waals surface area contributed by atoms with Crippen LogP contribution in [0.25, 0.3) is 0 Å². The number of carbonyl (C=O) groups excluding carboxylic acids is 1. The van der Waals surface area contributed by atoms with E-state index in [4.69, 9.17) is 4.74 Å². The molecule has 0 saturated heterocycles. The highest BCUT2D eigenvalue weighted by Gasteiger charge is 2.15. The van der Waals surface area contributed by atoms with Crippen molar-refractivity contribution in [3.8, 4) is 5.75 Å². The van der Waals surface area contributed by atoms with E-state index in [9.17, 15) is 4.79 Å². The lowest BCUT2D eigenvalue weighted by Gasteiger charge is -2.22. The molecule has 3 nitrogen and oxygen atoms in total. The van der Waals surface area contributed by atoms with Crippen molar-refractivity contribution >= 4 is 11.5 Å². The molecule has 2 aromatic rings. The summed E-state index contributed by atoms with van der Waals surface area (Å²) in [5.41, 5.74) is 1.68. The number of carbonyl (C=O) groups is 1. The Morgan fingerprint density at radius 2 is 1.70 bits per heavy atom. The van der Waals surface area contributed by atoms with Crippen LogP contribution in [-0.4, -0.2) is 26.0 Å². The summed E-state index contributed by atoms with van der Waals surface area (Å²) in [6.45, 7) is 3.17. The van der Waals surface area contributed by atoms with Gasteiger partial charge in [-0.15, -0.1) is 0 Å². The average molecular weight is 269 g/mol. The molecule has 3 heteroatoms. The van der Waals surface area contributed by atoms with Crippen LogP contribution >= 0.6 is 0 Å². The largest absolute Gasteiger partial charge is 0.496 e. The highest BCUT2D eigenvalue weighted by Crippen LogP contribution is 2.20. The van der Waals surface area contributed by atoms with Gasteiger partial charge in [0.05, 0.1) is 19.2 Å². The second-order valence-electron chi connectivity index (χ2n) is 4.47. The van der Waals surface area contributed by atoms with Gasteiger partial charge >= 0.3 is 0 Å². The summed E-state index contributed by atoms with van der Waals surface area (Å²) in [5, 5.41) is 0. The first-order valence-corrected chi connectivity index (χ1v) is 6.72. The van der Waals surface area contributed by atoms with Crippen LogP contribution in [0.4, 0.5) is 5.69 Å². The number of anilines is 1. The Labute approximate surface area is 119 Å². The standard InChI is InChI=1S/C17H19NO2/c1-3-18(14-9-5-4-6-10-14)13-16(19)15-11-7-8-12-17(15)20-2/h4-12H,3,13H2,1-2H3. The van der Waals surface area contributed by atoms with Crippen LogP contribution < -0.4 is 9.64 Å². The predicted octanol–water partition coefficient (Wildman–Crippen LogP) is 3.40. The molecule has 0 aliphatic rings. The lowest BCUT2D eigenvalue weighted by Crippen LogP contribution is -2.29. The Hall–Kier alpha value is -2.29. The smallest absolute Gasteiger partial charge is 0.185 e. The molecule has 0 heterocycles. The van der Waals surface area contributed by atoms with Gasteiger partial charge < -0.3 is 9.64 Å². The molecule has 0 aliphatic carbocycles. The first-order valence-electron chi connectivity index (χ1n) is 6.72. The minimum Gasteiger partial charge on any atom is -0.496 e. The maximum absolute atomic E-state index is 12.4. The summed E-state index contributed by atoms with van der Waals surface area (Å²) < 4.78 is 5.25. The van der Waals surface area contributed by atoms with Gasteiger partial charge in [0.2, 0.25) is 0 Å². The number of nitrogens with zero attached hydrogens (tertiary/aromatic N) is 1. The van der Waals surface area contributed by atoms with Gasteiger partial charge in [-0.3, -0.25) is 4.79 Å². The zero-order valence-corrected chi connectivity index (χ0v) is 11.9. The number of methoxy groups -OCH3 is 1. The normalized spacial score (nSPS) is 10.1. The summed E-state index contributed by atoms with van der Waals surface area (Å²) in [6, 6.07) is 17.3. The molecule has 0 saturated carbocycles. The van der Waals surface area contributed by atoms with Crippen LogP contribution in [0.1, 0.15) is 17.3 Å². The molecule has 0 spiro atoms. The van der Waals surface area contributed by atoms with E-state index in [1.807, 2.05) is 55.5 Å². The Morgan fingerprint density at radius 3 is 2.35 bits per heavy atom. The molecule has 0 fully saturated rings. The maximum atomic E-state index is 12.4. The van der Waals surface area contributed by atoms with Crippen LogP contribution in [0.5, 0.6) is 5.75 Å². The van der Waals surface area contributed by atoms with Crippen molar-refractivity contribution in [2.45, 2.75) is 6.92 Å². The van der Waals surface area contributed by atoms with E-state index in [0.29, 0.717) is 17.9 Å². The number of rotatable bonds is 6. The van der Waals surface area contributed by atoms with Crippen LogP contribution in [0.15, 0.2) is 54.6 Å². The van der Waals surface area contributed by atoms with Crippen molar-refractivity contribution in [1.29, 1.82) is 0 Å². The van der Waals surface area contributed by atoms with E-state index in [1.165, 1.54) is 0 Å². The van der Waals surface area contributed by atoms with E-state index >= 15 is 0 Å². The first kappa shape index (κ1) is 14.1. The van der Waals surface area contributed by atoms with Gasteiger partial charge in [0, 0.05) is 12.2 Å². The highest BCUT2D eigenvalue weighted by molar-refractivity contribution is 6.01. The third-order valence-corrected chi connectivity index (χ3v) is 3.24. The molecule has 2 aromatic carbocycles. The van der Waals surface area contributed by atoms with Crippen LogP contribution in [-0.2, 0) is 0 Å². The molecular formula is C17H19NO2. The topological polar surface area (TPSA) is 29.5 Å². The maximum Gasteiger partial charge on any atom is 0.185 e. The Kier molecular flexibility index (Phi) is 4.77. The fourth-order valence-electron chi connectivity index (χ4n) is 2.16. The molecule has 0 aromatic heterocycles. The molecular weight excluding hydrogens is 250 g/mol. The van der Waals surface area contributed by atoms with E-state index in [0.717, 1.165) is 12.2 Å². The van der Waals surface area contributed by atoms with Gasteiger partial charge in [0.1, 0.15) is 5.75 Å². The fourth-order valence-corrected chi connectivity index (χ4v) is 2.16. The predicted molar refractivity (Wildman–Crippen MR) is 81.7 cm³/mol. The Balaban J connectivity index is 2.18. The third kappa shape index (κ3) is 3.18. The number of Topliss-reactive ketones (excluding diaryl/α,β-unsaturated/α-hetero) is 1. The van der Waals surface area contributed by atoms with Gasteiger partial charge in [0.25, 0.3) is 0 Å². The van der Waals surface area contributed by atoms with Gasteiger partial charge in [-0.2, -0.15) is 0 Å². The Bertz CT molecular complexity index is 566. The number of likely N-dealkylation sites (N-methyl/N-ethyl adjacent to an activating group) is 1. The summed E-state index contributed by atoms with van der Waals surface area (Å²) in [7, 11) is 1.58. The van der Waals surface area contributed by atoms with E-state index in [1.54, 1.807) is 13.2 Å². The number of hydrogen-bond acceptors (Lipinski definition) is 3. The SMILES string of the molecule is CCN(CC(=O)c1ccccc1OC)c1ccccc1. The number of para-hydroxylation sites is 2. The zero-order valence-electron chi connectivity index (χ0n) is 11.9. The molecule has 0 N–H and O–H groups in total. The second kappa shape index (κ2) is 6.75. The first-order chi connectivity index (χ1) is 9.76. The minimum absolute atomic E-state index is 0.0631. The summed E-state index contributed by atoms with van der Waals surface area (Å²) in [4.78, 5) is 14.5. The monoisotopic (exact) mass is 269 g/mol. The number of hydrogen-bond donors (Lipinski definition) is 0. The molecule has 0 unspecified atom stereocenters. The van der Waals surface area contributed by atoms with Gasteiger partial charge in [-0.25, -0.2) is 0 Å². The van der Waals surface area contributed by atoms with Gasteiger partial charge in [-0.1, -0.05) is 30.3 Å². The van der Waals surface area contributed by atoms with Crippen LogP contribution in [0.3, 0.4) is 0 Å². The van der Waals surface area contributed by atoms with Crippen molar-refractivity contribution in [1.82, 2.24) is 0 Å². The molecule has 0 amide bonds. The van der Waals surface area contributed by atoms with Crippen molar-refractivity contribution in [3.63, 3.8) is 0 Å². The molecule has 0 radical (unpaired) electrons. The molecule has 2 rings (SSSR count). The van der Waals surface area contributed by atoms with E-state index in [2.05, 4.69) is 4.90 Å². The van der Waals surface area contributed by atoms with Crippen molar-refractivity contribution < 1.29 is 9.53 Å². The van der Waals surface area contributed by atoms with Gasteiger partial charge in [-0.05, 0) is 31.2 Å². The molecule has 0 atom stereocenters. The molecule has 20 heavy (non-hydrogen) atoms. The number of ketones is 1. The lowest BCUT2D eigenvalue weighted by molar-refractivity contribution is 0.0996. The number of ether oxygens (including phenoxy) is 1. The quantitative estimate of drug-likeness (QED) is 0.753. The summed E-state index contributed by atoms with van der Waals surface area (Å²) >= 11 is 0. The zero-order chi connectivity index (χ0) is 14.4. The van der Waals surface area contributed by atoms with Crippen molar-refractivity contribution in [2.24, 2.45) is 0 Å². The van der Waals surface area contributed by atoms with Crippen molar-refractivity contribution in [2.75, 3.05) is 25.1 Å². The molecule has 0 bridgehead atoms. The van der Waals surface area contributed by atoms with Crippen molar-refractivity contribution in [3.05, 3.63) is 60.2 Å². The molecule has 0 aliphatic heterocycles. The average Bonchev–Trinajstić information content (AvgIpc) is 2.53.